The van der Waals surface area contributed by atoms with Crippen LogP contribution in [0.4, 0.5) is 5.69 Å². The molecule has 2 aromatic carbocycles. The number of benzene rings is 2. The van der Waals surface area contributed by atoms with Crippen LogP contribution < -0.4 is 24.3 Å². The Hall–Kier alpha value is -2.89. The smallest absolute Gasteiger partial charge is 0.231 e. The zero-order valence-corrected chi connectivity index (χ0v) is 13.4. The molecule has 6 nitrogen and oxygen atoms in total. The van der Waals surface area contributed by atoms with E-state index in [2.05, 4.69) is 5.32 Å². The molecule has 0 saturated heterocycles. The minimum atomic E-state index is -0.145. The van der Waals surface area contributed by atoms with Crippen molar-refractivity contribution in [1.29, 1.82) is 0 Å². The molecule has 1 atom stereocenters. The van der Waals surface area contributed by atoms with E-state index in [1.54, 1.807) is 14.2 Å². The third kappa shape index (κ3) is 2.31. The van der Waals surface area contributed by atoms with Gasteiger partial charge >= 0.3 is 0 Å². The molecule has 2 aliphatic rings. The molecular weight excluding hydrogens is 310 g/mol. The van der Waals surface area contributed by atoms with Gasteiger partial charge in [0.25, 0.3) is 0 Å². The molecule has 0 aliphatic carbocycles. The van der Waals surface area contributed by atoms with Gasteiger partial charge in [0.05, 0.1) is 14.2 Å². The second kappa shape index (κ2) is 5.63. The standard InChI is InChI=1S/C18H17NO5/c1-21-10-3-4-15(22-2)13(5-10)11-7-18(20)19-14-8-17-16(6-12(11)14)23-9-24-17/h3-6,8,11H,7,9H2,1-2H3,(H,19,20). The molecule has 0 radical (unpaired) electrons. The van der Waals surface area contributed by atoms with Gasteiger partial charge in [0.15, 0.2) is 11.5 Å². The number of amides is 1. The van der Waals surface area contributed by atoms with Gasteiger partial charge in [-0.15, -0.1) is 0 Å². The second-order valence-corrected chi connectivity index (χ2v) is 5.71. The van der Waals surface area contributed by atoms with Crippen molar-refractivity contribution in [2.45, 2.75) is 12.3 Å². The molecule has 0 spiro atoms. The molecule has 1 amide bonds. The van der Waals surface area contributed by atoms with Crippen molar-refractivity contribution >= 4 is 11.6 Å². The zero-order valence-electron chi connectivity index (χ0n) is 13.4. The highest BCUT2D eigenvalue weighted by Crippen LogP contribution is 2.46. The second-order valence-electron chi connectivity index (χ2n) is 5.71. The molecule has 0 aromatic heterocycles. The van der Waals surface area contributed by atoms with Crippen molar-refractivity contribution in [1.82, 2.24) is 0 Å². The highest BCUT2D eigenvalue weighted by atomic mass is 16.7. The van der Waals surface area contributed by atoms with Gasteiger partial charge in [-0.05, 0) is 29.8 Å². The average Bonchev–Trinajstić information content (AvgIpc) is 3.05. The van der Waals surface area contributed by atoms with Gasteiger partial charge in [-0.1, -0.05) is 0 Å². The van der Waals surface area contributed by atoms with E-state index in [1.807, 2.05) is 30.3 Å². The van der Waals surface area contributed by atoms with Crippen molar-refractivity contribution < 1.29 is 23.7 Å². The normalized spacial score (nSPS) is 17.9. The Bertz CT molecular complexity index is 817. The van der Waals surface area contributed by atoms with Crippen LogP contribution in [0.1, 0.15) is 23.5 Å². The number of anilines is 1. The number of methoxy groups -OCH3 is 2. The number of hydrogen-bond donors (Lipinski definition) is 1. The first-order valence-electron chi connectivity index (χ1n) is 7.65. The Balaban J connectivity index is 1.87. The maximum absolute atomic E-state index is 12.2. The van der Waals surface area contributed by atoms with Crippen molar-refractivity contribution in [3.63, 3.8) is 0 Å². The fraction of sp³-hybridized carbons (Fsp3) is 0.278. The van der Waals surface area contributed by atoms with Gasteiger partial charge in [0, 0.05) is 29.7 Å². The number of hydrogen-bond acceptors (Lipinski definition) is 5. The number of carbonyl (C=O) groups excluding carboxylic acids is 1. The van der Waals surface area contributed by atoms with E-state index in [4.69, 9.17) is 18.9 Å². The Kier molecular flexibility index (Phi) is 3.45. The van der Waals surface area contributed by atoms with Crippen LogP contribution in [0, 0.1) is 0 Å². The van der Waals surface area contributed by atoms with E-state index in [1.165, 1.54) is 0 Å². The number of ether oxygens (including phenoxy) is 4. The summed E-state index contributed by atoms with van der Waals surface area (Å²) in [7, 11) is 3.24. The quantitative estimate of drug-likeness (QED) is 0.939. The molecule has 0 saturated carbocycles. The molecule has 4 rings (SSSR count). The van der Waals surface area contributed by atoms with Gasteiger partial charge in [-0.2, -0.15) is 0 Å². The van der Waals surface area contributed by atoms with Gasteiger partial charge in [0.2, 0.25) is 12.7 Å². The Morgan fingerprint density at radius 1 is 1.04 bits per heavy atom. The van der Waals surface area contributed by atoms with Crippen molar-refractivity contribution in [3.8, 4) is 23.0 Å². The first kappa shape index (κ1) is 14.7. The third-order valence-electron chi connectivity index (χ3n) is 4.40. The fourth-order valence-electron chi connectivity index (χ4n) is 3.24. The number of carbonyl (C=O) groups is 1. The molecule has 24 heavy (non-hydrogen) atoms. The summed E-state index contributed by atoms with van der Waals surface area (Å²) < 4.78 is 21.7. The molecule has 2 aliphatic heterocycles. The maximum Gasteiger partial charge on any atom is 0.231 e. The van der Waals surface area contributed by atoms with E-state index in [-0.39, 0.29) is 18.6 Å². The van der Waals surface area contributed by atoms with Crippen LogP contribution >= 0.6 is 0 Å². The average molecular weight is 327 g/mol. The third-order valence-corrected chi connectivity index (χ3v) is 4.40. The summed E-state index contributed by atoms with van der Waals surface area (Å²) in [6, 6.07) is 9.35. The summed E-state index contributed by atoms with van der Waals surface area (Å²) >= 11 is 0. The first-order chi connectivity index (χ1) is 11.7. The summed E-state index contributed by atoms with van der Waals surface area (Å²) in [4.78, 5) is 12.2. The molecule has 1 unspecified atom stereocenters. The van der Waals surface area contributed by atoms with Gasteiger partial charge in [-0.3, -0.25) is 4.79 Å². The molecule has 2 heterocycles. The predicted octanol–water partition coefficient (Wildman–Crippen LogP) is 2.91. The number of fused-ring (bicyclic) bond motifs is 2. The van der Waals surface area contributed by atoms with Crippen molar-refractivity contribution in [2.75, 3.05) is 26.3 Å². The summed E-state index contributed by atoms with van der Waals surface area (Å²) in [5, 5.41) is 2.91. The molecule has 0 fully saturated rings. The van der Waals surface area contributed by atoms with Crippen LogP contribution in [0.15, 0.2) is 30.3 Å². The molecular formula is C18H17NO5. The lowest BCUT2D eigenvalue weighted by atomic mass is 9.84. The summed E-state index contributed by atoms with van der Waals surface area (Å²) in [5.74, 6) is 2.59. The topological polar surface area (TPSA) is 66.0 Å². The van der Waals surface area contributed by atoms with E-state index >= 15 is 0 Å². The highest BCUT2D eigenvalue weighted by molar-refractivity contribution is 5.96. The van der Waals surface area contributed by atoms with Crippen molar-refractivity contribution in [3.05, 3.63) is 41.5 Å². The largest absolute Gasteiger partial charge is 0.497 e. The minimum absolute atomic E-state index is 0.0451. The molecule has 6 heteroatoms. The Morgan fingerprint density at radius 3 is 2.58 bits per heavy atom. The summed E-state index contributed by atoms with van der Waals surface area (Å²) in [6.07, 6.45) is 0.330. The van der Waals surface area contributed by atoms with Crippen LogP contribution in [0.25, 0.3) is 0 Å². The predicted molar refractivity (Wildman–Crippen MR) is 87.2 cm³/mol. The van der Waals surface area contributed by atoms with Crippen LogP contribution in [0.3, 0.4) is 0 Å². The van der Waals surface area contributed by atoms with Crippen LogP contribution in [0.2, 0.25) is 0 Å². The van der Waals surface area contributed by atoms with Crippen LogP contribution in [-0.2, 0) is 4.79 Å². The lowest BCUT2D eigenvalue weighted by Gasteiger charge is -2.27. The minimum Gasteiger partial charge on any atom is -0.497 e. The van der Waals surface area contributed by atoms with Crippen LogP contribution in [0.5, 0.6) is 23.0 Å². The lowest BCUT2D eigenvalue weighted by Crippen LogP contribution is -2.23. The number of rotatable bonds is 3. The zero-order chi connectivity index (χ0) is 16.7. The van der Waals surface area contributed by atoms with E-state index in [0.29, 0.717) is 17.9 Å². The summed E-state index contributed by atoms with van der Waals surface area (Å²) in [6.45, 7) is 0.194. The summed E-state index contributed by atoms with van der Waals surface area (Å²) in [5.41, 5.74) is 2.63. The van der Waals surface area contributed by atoms with Gasteiger partial charge in [-0.25, -0.2) is 0 Å². The molecule has 1 N–H and O–H groups in total. The maximum atomic E-state index is 12.2. The van der Waals surface area contributed by atoms with Crippen molar-refractivity contribution in [2.24, 2.45) is 0 Å². The Morgan fingerprint density at radius 2 is 1.83 bits per heavy atom. The first-order valence-corrected chi connectivity index (χ1v) is 7.65. The van der Waals surface area contributed by atoms with Gasteiger partial charge in [0.1, 0.15) is 11.5 Å². The lowest BCUT2D eigenvalue weighted by molar-refractivity contribution is -0.116. The fourth-order valence-corrected chi connectivity index (χ4v) is 3.24. The monoisotopic (exact) mass is 327 g/mol. The SMILES string of the molecule is COc1ccc(OC)c(C2CC(=O)Nc3cc4c(cc32)OCO4)c1. The highest BCUT2D eigenvalue weighted by Gasteiger charge is 2.31. The van der Waals surface area contributed by atoms with E-state index in [0.717, 1.165) is 28.3 Å². The van der Waals surface area contributed by atoms with Gasteiger partial charge < -0.3 is 24.3 Å². The Labute approximate surface area is 139 Å². The molecule has 124 valence electrons. The number of nitrogens with one attached hydrogen (secondary N) is 1. The molecule has 0 bridgehead atoms. The van der Waals surface area contributed by atoms with Crippen LogP contribution in [-0.4, -0.2) is 26.9 Å². The van der Waals surface area contributed by atoms with E-state index < -0.39 is 0 Å². The van der Waals surface area contributed by atoms with E-state index in [9.17, 15) is 4.79 Å². The molecule has 2 aromatic rings.